The fourth-order valence-corrected chi connectivity index (χ4v) is 2.54. The number of ether oxygens (including phenoxy) is 2. The molecule has 0 aliphatic carbocycles. The average molecular weight is 335 g/mol. The highest BCUT2D eigenvalue weighted by Crippen LogP contribution is 2.33. The Labute approximate surface area is 145 Å². The van der Waals surface area contributed by atoms with Gasteiger partial charge in [-0.15, -0.1) is 5.10 Å². The SMILES string of the molecule is Cc1cccc(Nc2nncc(Nc3ccc4c(c3)OCCO4)n2)c1. The van der Waals surface area contributed by atoms with Gasteiger partial charge < -0.3 is 20.1 Å². The first-order chi connectivity index (χ1) is 12.3. The van der Waals surface area contributed by atoms with E-state index in [0.717, 1.165) is 28.4 Å². The molecule has 7 nitrogen and oxygen atoms in total. The third kappa shape index (κ3) is 3.60. The molecule has 1 aromatic heterocycles. The number of nitrogens with zero attached hydrogens (tertiary/aromatic N) is 3. The molecule has 4 rings (SSSR count). The monoisotopic (exact) mass is 335 g/mol. The summed E-state index contributed by atoms with van der Waals surface area (Å²) in [6.45, 7) is 3.16. The van der Waals surface area contributed by atoms with E-state index in [4.69, 9.17) is 9.47 Å². The second-order valence-electron chi connectivity index (χ2n) is 5.64. The molecule has 0 saturated heterocycles. The minimum Gasteiger partial charge on any atom is -0.486 e. The van der Waals surface area contributed by atoms with E-state index >= 15 is 0 Å². The standard InChI is InChI=1S/C18H17N5O2/c1-12-3-2-4-13(9-12)21-18-22-17(11-19-23-18)20-14-5-6-15-16(10-14)25-8-7-24-15/h2-6,9-11H,7-8H2,1H3,(H2,20,21,22,23). The van der Waals surface area contributed by atoms with Gasteiger partial charge >= 0.3 is 0 Å². The molecule has 7 heteroatoms. The molecule has 1 aliphatic heterocycles. The maximum absolute atomic E-state index is 5.59. The van der Waals surface area contributed by atoms with Crippen LogP contribution in [-0.4, -0.2) is 28.4 Å². The highest BCUT2D eigenvalue weighted by Gasteiger charge is 2.12. The Morgan fingerprint density at radius 2 is 1.76 bits per heavy atom. The van der Waals surface area contributed by atoms with Gasteiger partial charge in [-0.3, -0.25) is 0 Å². The van der Waals surface area contributed by atoms with Crippen molar-refractivity contribution in [2.24, 2.45) is 0 Å². The summed E-state index contributed by atoms with van der Waals surface area (Å²) in [5, 5.41) is 14.4. The van der Waals surface area contributed by atoms with Gasteiger partial charge in [0.05, 0.1) is 6.20 Å². The molecule has 0 saturated carbocycles. The van der Waals surface area contributed by atoms with Crippen LogP contribution < -0.4 is 20.1 Å². The van der Waals surface area contributed by atoms with Crippen molar-refractivity contribution in [3.63, 3.8) is 0 Å². The molecule has 25 heavy (non-hydrogen) atoms. The Kier molecular flexibility index (Phi) is 4.04. The van der Waals surface area contributed by atoms with Gasteiger partial charge in [0, 0.05) is 17.4 Å². The number of benzene rings is 2. The molecule has 0 fully saturated rings. The molecule has 2 heterocycles. The number of hydrogen-bond acceptors (Lipinski definition) is 7. The highest BCUT2D eigenvalue weighted by molar-refractivity contribution is 5.62. The normalized spacial score (nSPS) is 12.5. The predicted molar refractivity (Wildman–Crippen MR) is 95.0 cm³/mol. The van der Waals surface area contributed by atoms with Crippen molar-refractivity contribution >= 4 is 23.1 Å². The summed E-state index contributed by atoms with van der Waals surface area (Å²) < 4.78 is 11.1. The van der Waals surface area contributed by atoms with Gasteiger partial charge in [0.25, 0.3) is 0 Å². The van der Waals surface area contributed by atoms with Crippen molar-refractivity contribution < 1.29 is 9.47 Å². The number of nitrogens with one attached hydrogen (secondary N) is 2. The zero-order valence-corrected chi connectivity index (χ0v) is 13.7. The molecule has 0 spiro atoms. The van der Waals surface area contributed by atoms with Gasteiger partial charge in [0.2, 0.25) is 5.95 Å². The van der Waals surface area contributed by atoms with Crippen LogP contribution in [0.25, 0.3) is 0 Å². The zero-order chi connectivity index (χ0) is 17.1. The van der Waals surface area contributed by atoms with Crippen LogP contribution in [0.4, 0.5) is 23.1 Å². The first-order valence-electron chi connectivity index (χ1n) is 7.96. The van der Waals surface area contributed by atoms with Crippen molar-refractivity contribution in [1.29, 1.82) is 0 Å². The Morgan fingerprint density at radius 3 is 2.64 bits per heavy atom. The van der Waals surface area contributed by atoms with Crippen LogP contribution in [0.1, 0.15) is 5.56 Å². The predicted octanol–water partition coefficient (Wildman–Crippen LogP) is 3.44. The van der Waals surface area contributed by atoms with Gasteiger partial charge in [-0.2, -0.15) is 10.1 Å². The molecule has 2 N–H and O–H groups in total. The molecule has 0 bridgehead atoms. The van der Waals surface area contributed by atoms with Crippen LogP contribution in [0.15, 0.2) is 48.7 Å². The lowest BCUT2D eigenvalue weighted by atomic mass is 10.2. The second-order valence-corrected chi connectivity index (χ2v) is 5.64. The third-order valence-corrected chi connectivity index (χ3v) is 3.65. The molecule has 3 aromatic rings. The second kappa shape index (κ2) is 6.64. The number of aromatic nitrogens is 3. The molecule has 0 radical (unpaired) electrons. The van der Waals surface area contributed by atoms with Crippen LogP contribution in [0.5, 0.6) is 11.5 Å². The summed E-state index contributed by atoms with van der Waals surface area (Å²) in [7, 11) is 0. The van der Waals surface area contributed by atoms with E-state index in [0.29, 0.717) is 25.0 Å². The van der Waals surface area contributed by atoms with Gasteiger partial charge in [-0.25, -0.2) is 0 Å². The van der Waals surface area contributed by atoms with Crippen molar-refractivity contribution in [3.05, 3.63) is 54.2 Å². The number of rotatable bonds is 4. The summed E-state index contributed by atoms with van der Waals surface area (Å²) >= 11 is 0. The van der Waals surface area contributed by atoms with E-state index in [1.807, 2.05) is 49.4 Å². The van der Waals surface area contributed by atoms with E-state index in [9.17, 15) is 0 Å². The number of hydrogen-bond donors (Lipinski definition) is 2. The summed E-state index contributed by atoms with van der Waals surface area (Å²) in [5.41, 5.74) is 2.91. The highest BCUT2D eigenvalue weighted by atomic mass is 16.6. The summed E-state index contributed by atoms with van der Waals surface area (Å²) in [6.07, 6.45) is 1.57. The fourth-order valence-electron chi connectivity index (χ4n) is 2.54. The average Bonchev–Trinajstić information content (AvgIpc) is 2.62. The summed E-state index contributed by atoms with van der Waals surface area (Å²) in [4.78, 5) is 4.44. The number of aryl methyl sites for hydroxylation is 1. The smallest absolute Gasteiger partial charge is 0.249 e. The van der Waals surface area contributed by atoms with E-state index in [-0.39, 0.29) is 0 Å². The molecule has 2 aromatic carbocycles. The topological polar surface area (TPSA) is 81.2 Å². The van der Waals surface area contributed by atoms with Crippen molar-refractivity contribution in [3.8, 4) is 11.5 Å². The van der Waals surface area contributed by atoms with Gasteiger partial charge in [-0.1, -0.05) is 12.1 Å². The fraction of sp³-hybridized carbons (Fsp3) is 0.167. The Balaban J connectivity index is 1.51. The minimum absolute atomic E-state index is 0.424. The number of anilines is 4. The molecule has 0 unspecified atom stereocenters. The van der Waals surface area contributed by atoms with Crippen molar-refractivity contribution in [2.45, 2.75) is 6.92 Å². The molecular formula is C18H17N5O2. The van der Waals surface area contributed by atoms with Crippen LogP contribution in [-0.2, 0) is 0 Å². The molecule has 126 valence electrons. The quantitative estimate of drug-likeness (QED) is 0.756. The summed E-state index contributed by atoms with van der Waals surface area (Å²) in [6, 6.07) is 13.6. The van der Waals surface area contributed by atoms with Gasteiger partial charge in [0.15, 0.2) is 17.3 Å². The molecule has 0 atom stereocenters. The van der Waals surface area contributed by atoms with Gasteiger partial charge in [-0.05, 0) is 36.8 Å². The van der Waals surface area contributed by atoms with E-state index < -0.39 is 0 Å². The first-order valence-corrected chi connectivity index (χ1v) is 7.96. The first kappa shape index (κ1) is 15.2. The van der Waals surface area contributed by atoms with Crippen LogP contribution in [0.3, 0.4) is 0 Å². The zero-order valence-electron chi connectivity index (χ0n) is 13.7. The lowest BCUT2D eigenvalue weighted by molar-refractivity contribution is 0.171. The Bertz CT molecular complexity index is 900. The van der Waals surface area contributed by atoms with Crippen LogP contribution >= 0.6 is 0 Å². The van der Waals surface area contributed by atoms with Crippen molar-refractivity contribution in [2.75, 3.05) is 23.8 Å². The largest absolute Gasteiger partial charge is 0.486 e. The lowest BCUT2D eigenvalue weighted by Crippen LogP contribution is -2.15. The molecular weight excluding hydrogens is 318 g/mol. The van der Waals surface area contributed by atoms with E-state index in [1.165, 1.54) is 0 Å². The Morgan fingerprint density at radius 1 is 0.920 bits per heavy atom. The third-order valence-electron chi connectivity index (χ3n) is 3.65. The van der Waals surface area contributed by atoms with E-state index in [2.05, 4.69) is 25.8 Å². The van der Waals surface area contributed by atoms with Crippen LogP contribution in [0, 0.1) is 6.92 Å². The van der Waals surface area contributed by atoms with Crippen LogP contribution in [0.2, 0.25) is 0 Å². The number of fused-ring (bicyclic) bond motifs is 1. The van der Waals surface area contributed by atoms with E-state index in [1.54, 1.807) is 6.20 Å². The summed E-state index contributed by atoms with van der Waals surface area (Å²) in [5.74, 6) is 2.48. The molecule has 1 aliphatic rings. The van der Waals surface area contributed by atoms with Crippen molar-refractivity contribution in [1.82, 2.24) is 15.2 Å². The minimum atomic E-state index is 0.424. The maximum atomic E-state index is 5.59. The lowest BCUT2D eigenvalue weighted by Gasteiger charge is -2.19. The van der Waals surface area contributed by atoms with Gasteiger partial charge in [0.1, 0.15) is 13.2 Å². The maximum Gasteiger partial charge on any atom is 0.249 e. The molecule has 0 amide bonds. The Hall–Kier alpha value is -3.35.